The molecule has 1 saturated carbocycles. The standard InChI is InChI=1S/C13H11ClFN3/c14-9-3-1-2-8(12(9)15)13-17-10(7-4-5-7)6-11(16)18-13/h1-3,6-7H,4-5H2,(H2,16,17,18). The Hall–Kier alpha value is -1.68. The predicted molar refractivity (Wildman–Crippen MR) is 68.8 cm³/mol. The second kappa shape index (κ2) is 4.21. The van der Waals surface area contributed by atoms with Crippen LogP contribution >= 0.6 is 11.6 Å². The number of benzene rings is 1. The minimum atomic E-state index is -0.508. The van der Waals surface area contributed by atoms with E-state index in [1.807, 2.05) is 0 Å². The van der Waals surface area contributed by atoms with Gasteiger partial charge in [0.15, 0.2) is 11.6 Å². The first-order valence-electron chi connectivity index (χ1n) is 5.74. The van der Waals surface area contributed by atoms with Crippen molar-refractivity contribution in [1.82, 2.24) is 9.97 Å². The fourth-order valence-corrected chi connectivity index (χ4v) is 2.05. The molecule has 1 fully saturated rings. The molecule has 1 aromatic carbocycles. The van der Waals surface area contributed by atoms with Crippen molar-refractivity contribution in [2.75, 3.05) is 5.73 Å². The molecule has 2 aromatic rings. The van der Waals surface area contributed by atoms with E-state index in [0.717, 1.165) is 18.5 Å². The molecule has 18 heavy (non-hydrogen) atoms. The van der Waals surface area contributed by atoms with Crippen molar-refractivity contribution in [3.8, 4) is 11.4 Å². The Morgan fingerprint density at radius 1 is 1.28 bits per heavy atom. The molecule has 2 N–H and O–H groups in total. The molecule has 0 radical (unpaired) electrons. The molecule has 1 aliphatic carbocycles. The summed E-state index contributed by atoms with van der Waals surface area (Å²) < 4.78 is 13.9. The fourth-order valence-electron chi connectivity index (χ4n) is 1.87. The highest BCUT2D eigenvalue weighted by atomic mass is 35.5. The summed E-state index contributed by atoms with van der Waals surface area (Å²) in [4.78, 5) is 8.46. The molecule has 3 nitrogen and oxygen atoms in total. The molecule has 92 valence electrons. The van der Waals surface area contributed by atoms with Crippen molar-refractivity contribution in [2.45, 2.75) is 18.8 Å². The molecule has 0 atom stereocenters. The van der Waals surface area contributed by atoms with Crippen LogP contribution < -0.4 is 5.73 Å². The summed E-state index contributed by atoms with van der Waals surface area (Å²) in [7, 11) is 0. The molecule has 1 aliphatic rings. The van der Waals surface area contributed by atoms with Gasteiger partial charge in [0, 0.05) is 17.7 Å². The van der Waals surface area contributed by atoms with Crippen LogP contribution in [-0.2, 0) is 0 Å². The number of rotatable bonds is 2. The van der Waals surface area contributed by atoms with Crippen molar-refractivity contribution in [3.63, 3.8) is 0 Å². The van der Waals surface area contributed by atoms with Gasteiger partial charge in [-0.05, 0) is 25.0 Å². The molecule has 0 saturated heterocycles. The monoisotopic (exact) mass is 263 g/mol. The van der Waals surface area contributed by atoms with Crippen LogP contribution in [0.4, 0.5) is 10.2 Å². The topological polar surface area (TPSA) is 51.8 Å². The maximum absolute atomic E-state index is 13.9. The van der Waals surface area contributed by atoms with Gasteiger partial charge in [0.05, 0.1) is 10.6 Å². The Morgan fingerprint density at radius 2 is 2.06 bits per heavy atom. The predicted octanol–water partition coefficient (Wildman–Crippen LogP) is 3.40. The number of anilines is 1. The van der Waals surface area contributed by atoms with E-state index >= 15 is 0 Å². The third-order valence-electron chi connectivity index (χ3n) is 2.95. The molecule has 0 aliphatic heterocycles. The number of nitrogen functional groups attached to an aromatic ring is 1. The Labute approximate surface area is 109 Å². The minimum Gasteiger partial charge on any atom is -0.384 e. The highest BCUT2D eigenvalue weighted by molar-refractivity contribution is 6.31. The van der Waals surface area contributed by atoms with E-state index in [-0.39, 0.29) is 10.6 Å². The lowest BCUT2D eigenvalue weighted by Gasteiger charge is -2.06. The molecule has 0 amide bonds. The van der Waals surface area contributed by atoms with Crippen molar-refractivity contribution in [2.24, 2.45) is 0 Å². The van der Waals surface area contributed by atoms with Crippen LogP contribution in [0.3, 0.4) is 0 Å². The molecular weight excluding hydrogens is 253 g/mol. The molecule has 0 unspecified atom stereocenters. The van der Waals surface area contributed by atoms with Gasteiger partial charge in [-0.3, -0.25) is 0 Å². The van der Waals surface area contributed by atoms with Gasteiger partial charge in [0.25, 0.3) is 0 Å². The van der Waals surface area contributed by atoms with Crippen LogP contribution in [-0.4, -0.2) is 9.97 Å². The molecule has 5 heteroatoms. The lowest BCUT2D eigenvalue weighted by atomic mass is 10.2. The number of hydrogen-bond acceptors (Lipinski definition) is 3. The number of nitrogens with two attached hydrogens (primary N) is 1. The van der Waals surface area contributed by atoms with Crippen molar-refractivity contribution >= 4 is 17.4 Å². The lowest BCUT2D eigenvalue weighted by molar-refractivity contribution is 0.630. The van der Waals surface area contributed by atoms with Gasteiger partial charge in [-0.1, -0.05) is 17.7 Å². The number of aromatic nitrogens is 2. The second-order valence-corrected chi connectivity index (χ2v) is 4.82. The number of halogens is 2. The lowest BCUT2D eigenvalue weighted by Crippen LogP contribution is -2.00. The summed E-state index contributed by atoms with van der Waals surface area (Å²) in [5.74, 6) is 0.598. The Balaban J connectivity index is 2.13. The SMILES string of the molecule is Nc1cc(C2CC2)nc(-c2cccc(Cl)c2F)n1. The third-order valence-corrected chi connectivity index (χ3v) is 3.25. The minimum absolute atomic E-state index is 0.0616. The summed E-state index contributed by atoms with van der Waals surface area (Å²) in [6.45, 7) is 0. The van der Waals surface area contributed by atoms with Crippen LogP contribution in [0.25, 0.3) is 11.4 Å². The van der Waals surface area contributed by atoms with Crippen molar-refractivity contribution in [1.29, 1.82) is 0 Å². The first kappa shape index (κ1) is 11.4. The van der Waals surface area contributed by atoms with E-state index in [2.05, 4.69) is 9.97 Å². The summed E-state index contributed by atoms with van der Waals surface area (Å²) in [6.07, 6.45) is 2.21. The van der Waals surface area contributed by atoms with Gasteiger partial charge in [0.1, 0.15) is 5.82 Å². The highest BCUT2D eigenvalue weighted by Crippen LogP contribution is 2.40. The summed E-state index contributed by atoms with van der Waals surface area (Å²) in [6, 6.07) is 6.52. The Kier molecular flexibility index (Phi) is 2.67. The van der Waals surface area contributed by atoms with Gasteiger partial charge in [0.2, 0.25) is 0 Å². The van der Waals surface area contributed by atoms with E-state index in [1.54, 1.807) is 18.2 Å². The zero-order chi connectivity index (χ0) is 12.7. The van der Waals surface area contributed by atoms with E-state index in [0.29, 0.717) is 17.6 Å². The zero-order valence-corrected chi connectivity index (χ0v) is 10.3. The first-order chi connectivity index (χ1) is 8.65. The summed E-state index contributed by atoms with van der Waals surface area (Å²) in [5.41, 5.74) is 6.92. The maximum atomic E-state index is 13.9. The molecule has 0 spiro atoms. The zero-order valence-electron chi connectivity index (χ0n) is 9.53. The highest BCUT2D eigenvalue weighted by Gasteiger charge is 2.26. The van der Waals surface area contributed by atoms with Crippen molar-refractivity contribution < 1.29 is 4.39 Å². The smallest absolute Gasteiger partial charge is 0.164 e. The quantitative estimate of drug-likeness (QED) is 0.903. The number of nitrogens with zero attached hydrogens (tertiary/aromatic N) is 2. The van der Waals surface area contributed by atoms with Crippen LogP contribution in [0.15, 0.2) is 24.3 Å². The van der Waals surface area contributed by atoms with Gasteiger partial charge < -0.3 is 5.73 Å². The van der Waals surface area contributed by atoms with Crippen LogP contribution in [0.5, 0.6) is 0 Å². The normalized spacial score (nSPS) is 14.8. The maximum Gasteiger partial charge on any atom is 0.164 e. The molecular formula is C13H11ClFN3. The summed E-state index contributed by atoms with van der Waals surface area (Å²) >= 11 is 5.76. The van der Waals surface area contributed by atoms with Crippen LogP contribution in [0.2, 0.25) is 5.02 Å². The first-order valence-corrected chi connectivity index (χ1v) is 6.12. The van der Waals surface area contributed by atoms with E-state index in [9.17, 15) is 4.39 Å². The van der Waals surface area contributed by atoms with Gasteiger partial charge in [-0.2, -0.15) is 0 Å². The van der Waals surface area contributed by atoms with Gasteiger partial charge in [-0.15, -0.1) is 0 Å². The van der Waals surface area contributed by atoms with E-state index in [4.69, 9.17) is 17.3 Å². The summed E-state index contributed by atoms with van der Waals surface area (Å²) in [5, 5.41) is 0.0616. The second-order valence-electron chi connectivity index (χ2n) is 4.42. The van der Waals surface area contributed by atoms with E-state index in [1.165, 1.54) is 6.07 Å². The molecule has 1 heterocycles. The van der Waals surface area contributed by atoms with Gasteiger partial charge in [-0.25, -0.2) is 14.4 Å². The van der Waals surface area contributed by atoms with Crippen molar-refractivity contribution in [3.05, 3.63) is 40.8 Å². The average Bonchev–Trinajstić information content (AvgIpc) is 3.16. The average molecular weight is 264 g/mol. The van der Waals surface area contributed by atoms with Crippen LogP contribution in [0.1, 0.15) is 24.5 Å². The van der Waals surface area contributed by atoms with Crippen LogP contribution in [0, 0.1) is 5.82 Å². The largest absolute Gasteiger partial charge is 0.384 e. The molecule has 1 aromatic heterocycles. The molecule has 0 bridgehead atoms. The van der Waals surface area contributed by atoms with E-state index < -0.39 is 5.82 Å². The molecule has 3 rings (SSSR count). The number of hydrogen-bond donors (Lipinski definition) is 1. The van der Waals surface area contributed by atoms with Gasteiger partial charge >= 0.3 is 0 Å². The Morgan fingerprint density at radius 3 is 2.78 bits per heavy atom. The Bertz CT molecular complexity index is 611. The fraction of sp³-hybridized carbons (Fsp3) is 0.231. The third kappa shape index (κ3) is 2.04.